The number of rotatable bonds is 8. The topological polar surface area (TPSA) is 116 Å². The number of carboxylic acids is 1. The number of alkyl halides is 1. The first-order chi connectivity index (χ1) is 12.3. The maximum atomic E-state index is 12.3. The molecule has 0 bridgehead atoms. The predicted molar refractivity (Wildman–Crippen MR) is 98.8 cm³/mol. The number of likely N-dealkylation sites (tertiary alicyclic amines) is 1. The van der Waals surface area contributed by atoms with Crippen LogP contribution in [-0.2, 0) is 19.1 Å². The minimum Gasteiger partial charge on any atom is -0.479 e. The van der Waals surface area contributed by atoms with Crippen molar-refractivity contribution in [2.45, 2.75) is 18.2 Å². The average Bonchev–Trinajstić information content (AvgIpc) is 2.64. The number of halogens is 1. The molecule has 1 aliphatic rings. The summed E-state index contributed by atoms with van der Waals surface area (Å²) in [5, 5.41) is 21.5. The Labute approximate surface area is 163 Å². The van der Waals surface area contributed by atoms with Gasteiger partial charge in [0.15, 0.2) is 17.8 Å². The molecule has 140 valence electrons. The molecule has 0 aromatic heterocycles. The Balaban J connectivity index is 1.92. The van der Waals surface area contributed by atoms with Crippen molar-refractivity contribution in [3.63, 3.8) is 0 Å². The van der Waals surface area contributed by atoms with Gasteiger partial charge < -0.3 is 25.2 Å². The molecule has 1 aromatic carbocycles. The van der Waals surface area contributed by atoms with Crippen LogP contribution in [0.15, 0.2) is 30.3 Å². The van der Waals surface area contributed by atoms with Gasteiger partial charge in [0.1, 0.15) is 6.04 Å². The minimum absolute atomic E-state index is 0.0270. The Morgan fingerprint density at radius 2 is 2.00 bits per heavy atom. The number of hydrogen-bond donors (Lipinski definition) is 3. The smallest absolute Gasteiger partial charge is 0.341 e. The molecular weight excluding hydrogens is 428 g/mol. The van der Waals surface area contributed by atoms with E-state index in [-0.39, 0.29) is 23.5 Å². The van der Waals surface area contributed by atoms with Crippen LogP contribution in [0.5, 0.6) is 0 Å². The second-order valence-corrected chi connectivity index (χ2v) is 6.64. The predicted octanol–water partition coefficient (Wildman–Crippen LogP) is 0.239. The van der Waals surface area contributed by atoms with Crippen molar-refractivity contribution in [1.29, 1.82) is 0 Å². The van der Waals surface area contributed by atoms with Gasteiger partial charge in [-0.1, -0.05) is 46.3 Å². The van der Waals surface area contributed by atoms with Gasteiger partial charge in [0.05, 0.1) is 12.6 Å². The van der Waals surface area contributed by atoms with Gasteiger partial charge in [-0.05, 0) is 17.8 Å². The van der Waals surface area contributed by atoms with E-state index in [0.29, 0.717) is 10.9 Å². The summed E-state index contributed by atoms with van der Waals surface area (Å²) in [6, 6.07) is 7.18. The molecule has 2 rings (SSSR count). The molecule has 0 radical (unpaired) electrons. The quantitative estimate of drug-likeness (QED) is 0.298. The second-order valence-electron chi connectivity index (χ2n) is 5.54. The summed E-state index contributed by atoms with van der Waals surface area (Å²) in [6.45, 7) is -0.630. The molecule has 1 heterocycles. The summed E-state index contributed by atoms with van der Waals surface area (Å²) in [4.78, 5) is 36.3. The number of nitrogens with zero attached hydrogens (tertiary/aromatic N) is 1. The SMILES string of the molecule is O=C(O)COC(=S)CN1C(=O)[C@H](NC(=O)C(O)c2ccccc2)[C@@H]1CBr. The standard InChI is InChI=1S/C16H17BrN2O6S/c17-6-10-13(16(24)19(10)7-12(26)25-8-11(20)21)18-15(23)14(22)9-4-2-1-3-5-9/h1-5,10,13-14,22H,6-8H2,(H,18,23)(H,20,21)/t10-,13+,14?/m0/s1. The molecule has 8 nitrogen and oxygen atoms in total. The van der Waals surface area contributed by atoms with Crippen molar-refractivity contribution >= 4 is 51.0 Å². The van der Waals surface area contributed by atoms with Crippen molar-refractivity contribution in [3.8, 4) is 0 Å². The number of carbonyl (C=O) groups is 3. The lowest BCUT2D eigenvalue weighted by Crippen LogP contribution is -2.72. The molecule has 1 saturated heterocycles. The molecule has 10 heteroatoms. The van der Waals surface area contributed by atoms with Crippen molar-refractivity contribution in [1.82, 2.24) is 10.2 Å². The molecule has 1 unspecified atom stereocenters. The van der Waals surface area contributed by atoms with E-state index in [2.05, 4.69) is 21.2 Å². The highest BCUT2D eigenvalue weighted by Crippen LogP contribution is 2.23. The maximum absolute atomic E-state index is 12.3. The van der Waals surface area contributed by atoms with E-state index in [1.54, 1.807) is 30.3 Å². The third kappa shape index (κ3) is 4.77. The van der Waals surface area contributed by atoms with Crippen LogP contribution >= 0.6 is 28.1 Å². The number of thiocarbonyl (C=S) groups is 1. The zero-order valence-electron chi connectivity index (χ0n) is 13.5. The number of carbonyl (C=O) groups excluding carboxylic acids is 2. The average molecular weight is 445 g/mol. The van der Waals surface area contributed by atoms with Crippen LogP contribution in [0.25, 0.3) is 0 Å². The number of β-lactam (4-membered cyclic amide) rings is 1. The van der Waals surface area contributed by atoms with Gasteiger partial charge in [-0.15, -0.1) is 0 Å². The van der Waals surface area contributed by atoms with E-state index in [0.717, 1.165) is 0 Å². The fourth-order valence-corrected chi connectivity index (χ4v) is 3.40. The first kappa shape index (κ1) is 20.3. The lowest BCUT2D eigenvalue weighted by molar-refractivity contribution is -0.152. The molecule has 1 aliphatic heterocycles. The Bertz CT molecular complexity index is 701. The first-order valence-electron chi connectivity index (χ1n) is 7.62. The third-order valence-electron chi connectivity index (χ3n) is 3.81. The number of aliphatic carboxylic acids is 1. The highest BCUT2D eigenvalue weighted by molar-refractivity contribution is 9.09. The number of amides is 2. The number of carboxylic acid groups (broad SMARTS) is 1. The fourth-order valence-electron chi connectivity index (χ4n) is 2.48. The summed E-state index contributed by atoms with van der Waals surface area (Å²) in [5.74, 6) is -2.23. The zero-order valence-corrected chi connectivity index (χ0v) is 15.9. The van der Waals surface area contributed by atoms with E-state index in [1.165, 1.54) is 4.90 Å². The molecule has 3 N–H and O–H groups in total. The minimum atomic E-state index is -1.38. The lowest BCUT2D eigenvalue weighted by atomic mass is 9.96. The third-order valence-corrected chi connectivity index (χ3v) is 4.72. The molecule has 2 amide bonds. The molecule has 1 aromatic rings. The molecule has 0 aliphatic carbocycles. The van der Waals surface area contributed by atoms with Crippen molar-refractivity contribution < 1.29 is 29.3 Å². The largest absolute Gasteiger partial charge is 0.479 e. The van der Waals surface area contributed by atoms with E-state index in [9.17, 15) is 19.5 Å². The number of nitrogens with one attached hydrogen (secondary N) is 1. The van der Waals surface area contributed by atoms with Crippen molar-refractivity contribution in [2.75, 3.05) is 18.5 Å². The zero-order chi connectivity index (χ0) is 19.3. The fraction of sp³-hybridized carbons (Fsp3) is 0.375. The molecule has 3 atom stereocenters. The van der Waals surface area contributed by atoms with Crippen LogP contribution in [0.3, 0.4) is 0 Å². The molecule has 1 fully saturated rings. The van der Waals surface area contributed by atoms with Gasteiger partial charge in [0.25, 0.3) is 5.91 Å². The highest BCUT2D eigenvalue weighted by Gasteiger charge is 2.48. The lowest BCUT2D eigenvalue weighted by Gasteiger charge is -2.46. The van der Waals surface area contributed by atoms with Gasteiger partial charge in [-0.25, -0.2) is 4.79 Å². The molecule has 0 spiro atoms. The first-order valence-corrected chi connectivity index (χ1v) is 9.15. The molecular formula is C16H17BrN2O6S. The summed E-state index contributed by atoms with van der Waals surface area (Å²) < 4.78 is 4.86. The summed E-state index contributed by atoms with van der Waals surface area (Å²) in [7, 11) is 0. The van der Waals surface area contributed by atoms with Crippen LogP contribution in [0, 0.1) is 0 Å². The van der Waals surface area contributed by atoms with Crippen LogP contribution in [0.1, 0.15) is 11.7 Å². The highest BCUT2D eigenvalue weighted by atomic mass is 79.9. The van der Waals surface area contributed by atoms with Crippen LogP contribution in [0.2, 0.25) is 0 Å². The van der Waals surface area contributed by atoms with Gasteiger partial charge in [-0.2, -0.15) is 0 Å². The van der Waals surface area contributed by atoms with Crippen LogP contribution in [0.4, 0.5) is 0 Å². The number of aliphatic hydroxyl groups is 1. The van der Waals surface area contributed by atoms with Crippen molar-refractivity contribution in [3.05, 3.63) is 35.9 Å². The number of aliphatic hydroxyl groups excluding tert-OH is 1. The van der Waals surface area contributed by atoms with E-state index in [4.69, 9.17) is 22.1 Å². The monoisotopic (exact) mass is 444 g/mol. The van der Waals surface area contributed by atoms with Gasteiger partial charge >= 0.3 is 5.97 Å². The Hall–Kier alpha value is -2.04. The molecule has 26 heavy (non-hydrogen) atoms. The number of ether oxygens (including phenoxy) is 1. The van der Waals surface area contributed by atoms with Gasteiger partial charge in [0.2, 0.25) is 5.91 Å². The van der Waals surface area contributed by atoms with Crippen molar-refractivity contribution in [2.24, 2.45) is 0 Å². The van der Waals surface area contributed by atoms with Gasteiger partial charge in [0, 0.05) is 5.33 Å². The number of benzene rings is 1. The van der Waals surface area contributed by atoms with E-state index < -0.39 is 30.6 Å². The maximum Gasteiger partial charge on any atom is 0.341 e. The summed E-state index contributed by atoms with van der Waals surface area (Å²) in [6.07, 6.45) is -1.38. The Kier molecular flexibility index (Phi) is 7.06. The summed E-state index contributed by atoms with van der Waals surface area (Å²) >= 11 is 8.19. The Morgan fingerprint density at radius 1 is 1.35 bits per heavy atom. The number of hydrogen-bond acceptors (Lipinski definition) is 6. The molecule has 0 saturated carbocycles. The van der Waals surface area contributed by atoms with E-state index >= 15 is 0 Å². The van der Waals surface area contributed by atoms with E-state index in [1.807, 2.05) is 0 Å². The van der Waals surface area contributed by atoms with Crippen LogP contribution < -0.4 is 5.32 Å². The Morgan fingerprint density at radius 3 is 2.58 bits per heavy atom. The summed E-state index contributed by atoms with van der Waals surface area (Å²) in [5.41, 5.74) is 0.423. The normalized spacial score (nSPS) is 20.1. The second kappa shape index (κ2) is 9.06. The van der Waals surface area contributed by atoms with Gasteiger partial charge in [-0.3, -0.25) is 9.59 Å². The van der Waals surface area contributed by atoms with Crippen LogP contribution in [-0.4, -0.2) is 68.5 Å².